The van der Waals surface area contributed by atoms with Crippen molar-refractivity contribution in [1.82, 2.24) is 15.5 Å². The molecule has 0 atom stereocenters. The zero-order valence-electron chi connectivity index (χ0n) is 14.5. The number of amides is 1. The molecule has 1 aromatic carbocycles. The number of piperidine rings is 1. The molecule has 5 nitrogen and oxygen atoms in total. The van der Waals surface area contributed by atoms with Crippen LogP contribution in [0.1, 0.15) is 24.8 Å². The van der Waals surface area contributed by atoms with Crippen LogP contribution in [0.15, 0.2) is 29.3 Å². The van der Waals surface area contributed by atoms with E-state index >= 15 is 0 Å². The third-order valence-corrected chi connectivity index (χ3v) is 4.51. The Kier molecular flexibility index (Phi) is 7.03. The molecule has 24 heavy (non-hydrogen) atoms. The number of nitrogens with zero attached hydrogens (tertiary/aromatic N) is 2. The molecular formula is C18H27FN4O. The van der Waals surface area contributed by atoms with E-state index in [9.17, 15) is 9.18 Å². The summed E-state index contributed by atoms with van der Waals surface area (Å²) in [6, 6.07) is 6.85. The maximum Gasteiger partial charge on any atom is 0.220 e. The third-order valence-electron chi connectivity index (χ3n) is 4.51. The molecule has 1 amide bonds. The number of likely N-dealkylation sites (tertiary alicyclic amines) is 1. The van der Waals surface area contributed by atoms with Crippen LogP contribution in [0.2, 0.25) is 0 Å². The molecule has 1 saturated heterocycles. The summed E-state index contributed by atoms with van der Waals surface area (Å²) in [6.07, 6.45) is 3.20. The Hall–Kier alpha value is -2.11. The summed E-state index contributed by atoms with van der Waals surface area (Å²) in [5.74, 6) is 1.24. The molecule has 0 saturated carbocycles. The van der Waals surface area contributed by atoms with Crippen LogP contribution in [-0.4, -0.2) is 50.5 Å². The Labute approximate surface area is 143 Å². The number of carbonyl (C=O) groups excluding carboxylic acids is 1. The summed E-state index contributed by atoms with van der Waals surface area (Å²) in [7, 11) is 3.45. The first-order valence-corrected chi connectivity index (χ1v) is 8.53. The maximum atomic E-state index is 13.6. The summed E-state index contributed by atoms with van der Waals surface area (Å²) in [6.45, 7) is 2.42. The molecule has 0 bridgehead atoms. The number of nitrogens with one attached hydrogen (secondary N) is 2. The van der Waals surface area contributed by atoms with E-state index < -0.39 is 0 Å². The van der Waals surface area contributed by atoms with Gasteiger partial charge in [-0.2, -0.15) is 0 Å². The van der Waals surface area contributed by atoms with Crippen molar-refractivity contribution in [3.05, 3.63) is 35.6 Å². The highest BCUT2D eigenvalue weighted by atomic mass is 19.1. The van der Waals surface area contributed by atoms with Gasteiger partial charge in [0.1, 0.15) is 5.82 Å². The van der Waals surface area contributed by atoms with Gasteiger partial charge in [-0.25, -0.2) is 4.39 Å². The average Bonchev–Trinajstić information content (AvgIpc) is 2.61. The number of halogens is 1. The summed E-state index contributed by atoms with van der Waals surface area (Å²) in [5, 5.41) is 6.00. The topological polar surface area (TPSA) is 56.7 Å². The highest BCUT2D eigenvalue weighted by Crippen LogP contribution is 2.20. The van der Waals surface area contributed by atoms with Crippen molar-refractivity contribution in [3.63, 3.8) is 0 Å². The number of rotatable bonds is 5. The molecule has 1 aromatic rings. The van der Waals surface area contributed by atoms with Gasteiger partial charge in [0.25, 0.3) is 0 Å². The molecule has 1 aliphatic rings. The fourth-order valence-electron chi connectivity index (χ4n) is 3.06. The monoisotopic (exact) mass is 334 g/mol. The van der Waals surface area contributed by atoms with Gasteiger partial charge >= 0.3 is 0 Å². The first-order chi connectivity index (χ1) is 11.6. The van der Waals surface area contributed by atoms with Crippen molar-refractivity contribution in [3.8, 4) is 0 Å². The lowest BCUT2D eigenvalue weighted by atomic mass is 9.93. The predicted molar refractivity (Wildman–Crippen MR) is 94.4 cm³/mol. The molecule has 2 N–H and O–H groups in total. The number of carbonyl (C=O) groups is 1. The largest absolute Gasteiger partial charge is 0.359 e. The fourth-order valence-corrected chi connectivity index (χ4v) is 3.06. The van der Waals surface area contributed by atoms with E-state index in [0.717, 1.165) is 31.9 Å². The van der Waals surface area contributed by atoms with Crippen LogP contribution in [0.3, 0.4) is 0 Å². The lowest BCUT2D eigenvalue weighted by molar-refractivity contribution is -0.121. The second-order valence-electron chi connectivity index (χ2n) is 6.12. The predicted octanol–water partition coefficient (Wildman–Crippen LogP) is 1.79. The molecule has 0 aliphatic carbocycles. The van der Waals surface area contributed by atoms with Crippen LogP contribution in [0, 0.1) is 11.7 Å². The van der Waals surface area contributed by atoms with Crippen LogP contribution >= 0.6 is 0 Å². The van der Waals surface area contributed by atoms with Gasteiger partial charge in [0, 0.05) is 40.2 Å². The first-order valence-electron chi connectivity index (χ1n) is 8.53. The molecule has 6 heteroatoms. The van der Waals surface area contributed by atoms with Gasteiger partial charge in [-0.15, -0.1) is 0 Å². The molecule has 1 aliphatic heterocycles. The first kappa shape index (κ1) is 18.2. The number of hydrogen-bond acceptors (Lipinski definition) is 2. The molecule has 0 radical (unpaired) electrons. The maximum absolute atomic E-state index is 13.6. The van der Waals surface area contributed by atoms with E-state index in [-0.39, 0.29) is 11.7 Å². The molecule has 0 unspecified atom stereocenters. The Balaban J connectivity index is 1.77. The Morgan fingerprint density at radius 1 is 1.33 bits per heavy atom. The van der Waals surface area contributed by atoms with Crippen molar-refractivity contribution < 1.29 is 9.18 Å². The van der Waals surface area contributed by atoms with E-state index in [1.807, 2.05) is 12.1 Å². The Morgan fingerprint density at radius 3 is 2.67 bits per heavy atom. The normalized spacial score (nSPS) is 16.1. The summed E-state index contributed by atoms with van der Waals surface area (Å²) in [4.78, 5) is 18.0. The van der Waals surface area contributed by atoms with Crippen molar-refractivity contribution >= 4 is 11.9 Å². The van der Waals surface area contributed by atoms with Gasteiger partial charge in [-0.1, -0.05) is 18.2 Å². The average molecular weight is 334 g/mol. The lowest BCUT2D eigenvalue weighted by Crippen LogP contribution is -2.46. The molecular weight excluding hydrogens is 307 g/mol. The number of benzene rings is 1. The quantitative estimate of drug-likeness (QED) is 0.638. The van der Waals surface area contributed by atoms with Gasteiger partial charge in [-0.05, 0) is 36.8 Å². The van der Waals surface area contributed by atoms with Crippen molar-refractivity contribution in [2.45, 2.75) is 25.7 Å². The summed E-state index contributed by atoms with van der Waals surface area (Å²) in [5.41, 5.74) is 0.713. The van der Waals surface area contributed by atoms with Crippen LogP contribution in [0.25, 0.3) is 0 Å². The van der Waals surface area contributed by atoms with Crippen molar-refractivity contribution in [2.24, 2.45) is 10.9 Å². The van der Waals surface area contributed by atoms with E-state index in [4.69, 9.17) is 0 Å². The Bertz CT molecular complexity index is 568. The standard InChI is InChI=1S/C18H27FN4O/c1-20-17(24)13-14-8-11-23(12-9-14)18(21-2)22-10-7-15-5-3-4-6-16(15)19/h3-6,14H,7-13H2,1-2H3,(H,20,24)(H,21,22). The fraction of sp³-hybridized carbons (Fsp3) is 0.556. The van der Waals surface area contributed by atoms with E-state index in [1.54, 1.807) is 20.2 Å². The van der Waals surface area contributed by atoms with Crippen LogP contribution < -0.4 is 10.6 Å². The SMILES string of the molecule is CN=C(NCCc1ccccc1F)N1CCC(CC(=O)NC)CC1. The van der Waals surface area contributed by atoms with Crippen LogP contribution in [-0.2, 0) is 11.2 Å². The van der Waals surface area contributed by atoms with Crippen molar-refractivity contribution in [2.75, 3.05) is 33.7 Å². The summed E-state index contributed by atoms with van der Waals surface area (Å²) >= 11 is 0. The van der Waals surface area contributed by atoms with E-state index in [2.05, 4.69) is 20.5 Å². The highest BCUT2D eigenvalue weighted by molar-refractivity contribution is 5.80. The molecule has 1 heterocycles. The van der Waals surface area contributed by atoms with Crippen LogP contribution in [0.4, 0.5) is 4.39 Å². The minimum absolute atomic E-state index is 0.112. The number of hydrogen-bond donors (Lipinski definition) is 2. The van der Waals surface area contributed by atoms with E-state index in [0.29, 0.717) is 30.9 Å². The molecule has 0 spiro atoms. The minimum Gasteiger partial charge on any atom is -0.359 e. The second-order valence-corrected chi connectivity index (χ2v) is 6.12. The molecule has 2 rings (SSSR count). The molecule has 1 fully saturated rings. The number of aliphatic imine (C=N–C) groups is 1. The lowest BCUT2D eigenvalue weighted by Gasteiger charge is -2.34. The smallest absolute Gasteiger partial charge is 0.220 e. The number of guanidine groups is 1. The van der Waals surface area contributed by atoms with Gasteiger partial charge < -0.3 is 15.5 Å². The highest BCUT2D eigenvalue weighted by Gasteiger charge is 2.22. The van der Waals surface area contributed by atoms with Crippen LogP contribution in [0.5, 0.6) is 0 Å². The Morgan fingerprint density at radius 2 is 2.04 bits per heavy atom. The summed E-state index contributed by atoms with van der Waals surface area (Å²) < 4.78 is 13.6. The molecule has 132 valence electrons. The van der Waals surface area contributed by atoms with Gasteiger partial charge in [0.2, 0.25) is 5.91 Å². The minimum atomic E-state index is -0.163. The van der Waals surface area contributed by atoms with E-state index in [1.165, 1.54) is 6.07 Å². The molecule has 0 aromatic heterocycles. The van der Waals surface area contributed by atoms with Crippen molar-refractivity contribution in [1.29, 1.82) is 0 Å². The van der Waals surface area contributed by atoms with Gasteiger partial charge in [0.05, 0.1) is 0 Å². The van der Waals surface area contributed by atoms with Gasteiger partial charge in [-0.3, -0.25) is 9.79 Å². The zero-order valence-corrected chi connectivity index (χ0v) is 14.5. The second kappa shape index (κ2) is 9.25. The van der Waals surface area contributed by atoms with Gasteiger partial charge in [0.15, 0.2) is 5.96 Å². The third kappa shape index (κ3) is 5.22. The zero-order chi connectivity index (χ0) is 17.4.